The minimum Gasteiger partial charge on any atom is -0.350 e. The van der Waals surface area contributed by atoms with E-state index in [2.05, 4.69) is 22.2 Å². The second-order valence-electron chi connectivity index (χ2n) is 3.75. The number of thioether (sulfide) groups is 1. The number of aromatic nitrogens is 2. The normalized spacial score (nSPS) is 25.4. The monoisotopic (exact) mass is 223 g/mol. The van der Waals surface area contributed by atoms with Crippen LogP contribution in [0.15, 0.2) is 18.5 Å². The van der Waals surface area contributed by atoms with Gasteiger partial charge in [-0.25, -0.2) is 9.97 Å². The molecule has 0 unspecified atom stereocenters. The molecule has 0 radical (unpaired) electrons. The molecule has 1 N–H and O–H groups in total. The summed E-state index contributed by atoms with van der Waals surface area (Å²) in [6, 6.07) is 2.40. The van der Waals surface area contributed by atoms with Gasteiger partial charge >= 0.3 is 0 Å². The van der Waals surface area contributed by atoms with Crippen LogP contribution >= 0.6 is 11.8 Å². The molecular weight excluding hydrogens is 206 g/mol. The Bertz CT molecular complexity index is 291. The van der Waals surface area contributed by atoms with Crippen LogP contribution in [0.1, 0.15) is 26.2 Å². The predicted octanol–water partition coefficient (Wildman–Crippen LogP) is 2.56. The first-order chi connectivity index (χ1) is 7.40. The Morgan fingerprint density at radius 2 is 2.20 bits per heavy atom. The Hall–Kier alpha value is -0.770. The molecule has 1 heterocycles. The third-order valence-electron chi connectivity index (χ3n) is 2.71. The summed E-state index contributed by atoms with van der Waals surface area (Å²) in [6.45, 7) is 2.22. The van der Waals surface area contributed by atoms with Crippen molar-refractivity contribution in [3.8, 4) is 0 Å². The molecule has 0 aromatic carbocycles. The first kappa shape index (κ1) is 10.7. The summed E-state index contributed by atoms with van der Waals surface area (Å²) in [7, 11) is 0. The van der Waals surface area contributed by atoms with Gasteiger partial charge in [0.25, 0.3) is 0 Å². The molecule has 2 atom stereocenters. The third kappa shape index (κ3) is 2.84. The first-order valence-corrected chi connectivity index (χ1v) is 6.60. The molecule has 2 rings (SSSR count). The second kappa shape index (κ2) is 5.35. The minimum atomic E-state index is 0.553. The van der Waals surface area contributed by atoms with E-state index in [1.807, 2.05) is 17.8 Å². The van der Waals surface area contributed by atoms with E-state index in [0.717, 1.165) is 11.2 Å². The lowest BCUT2D eigenvalue weighted by Gasteiger charge is -2.19. The summed E-state index contributed by atoms with van der Waals surface area (Å²) in [4.78, 5) is 8.41. The summed E-state index contributed by atoms with van der Waals surface area (Å²) in [5.41, 5.74) is 0. The number of nitrogens with one attached hydrogen (secondary N) is 1. The standard InChI is InChI=1S/C11H17N3S/c1-2-15-10-6-3-5-9(10)14-11-12-7-4-8-13-11/h4,7-10H,2-3,5-6H2,1H3,(H,12,13,14)/t9-,10-/m1/s1. The fourth-order valence-corrected chi connectivity index (χ4v) is 3.24. The molecule has 82 valence electrons. The summed E-state index contributed by atoms with van der Waals surface area (Å²) in [5.74, 6) is 1.96. The summed E-state index contributed by atoms with van der Waals surface area (Å²) in [6.07, 6.45) is 7.46. The van der Waals surface area contributed by atoms with Crippen molar-refractivity contribution >= 4 is 17.7 Å². The van der Waals surface area contributed by atoms with Gasteiger partial charge in [-0.1, -0.05) is 13.3 Å². The van der Waals surface area contributed by atoms with E-state index in [4.69, 9.17) is 0 Å². The molecule has 15 heavy (non-hydrogen) atoms. The zero-order valence-corrected chi connectivity index (χ0v) is 9.83. The van der Waals surface area contributed by atoms with E-state index in [-0.39, 0.29) is 0 Å². The number of anilines is 1. The third-order valence-corrected chi connectivity index (χ3v) is 4.04. The predicted molar refractivity (Wildman–Crippen MR) is 65.2 cm³/mol. The van der Waals surface area contributed by atoms with Gasteiger partial charge in [-0.05, 0) is 24.7 Å². The molecule has 0 saturated heterocycles. The van der Waals surface area contributed by atoms with Crippen molar-refractivity contribution in [3.05, 3.63) is 18.5 Å². The lowest BCUT2D eigenvalue weighted by Crippen LogP contribution is -2.27. The molecule has 4 heteroatoms. The number of nitrogens with zero attached hydrogens (tertiary/aromatic N) is 2. The summed E-state index contributed by atoms with van der Waals surface area (Å²) >= 11 is 2.05. The van der Waals surface area contributed by atoms with E-state index >= 15 is 0 Å². The lowest BCUT2D eigenvalue weighted by atomic mass is 10.2. The molecule has 1 aliphatic rings. The molecule has 3 nitrogen and oxygen atoms in total. The highest BCUT2D eigenvalue weighted by Gasteiger charge is 2.27. The Morgan fingerprint density at radius 1 is 1.40 bits per heavy atom. The maximum atomic E-state index is 4.21. The lowest BCUT2D eigenvalue weighted by molar-refractivity contribution is 0.755. The van der Waals surface area contributed by atoms with Crippen molar-refractivity contribution < 1.29 is 0 Å². The van der Waals surface area contributed by atoms with Gasteiger partial charge < -0.3 is 5.32 Å². The molecule has 1 aliphatic carbocycles. The Balaban J connectivity index is 1.93. The van der Waals surface area contributed by atoms with Crippen molar-refractivity contribution in [3.63, 3.8) is 0 Å². The fraction of sp³-hybridized carbons (Fsp3) is 0.636. The van der Waals surface area contributed by atoms with Crippen LogP contribution in [0.25, 0.3) is 0 Å². The molecule has 1 aromatic heterocycles. The zero-order valence-electron chi connectivity index (χ0n) is 9.02. The van der Waals surface area contributed by atoms with Crippen molar-refractivity contribution in [2.75, 3.05) is 11.1 Å². The van der Waals surface area contributed by atoms with Crippen LogP contribution in [0.5, 0.6) is 0 Å². The molecule has 0 aliphatic heterocycles. The van der Waals surface area contributed by atoms with Crippen LogP contribution in [0.4, 0.5) is 5.95 Å². The largest absolute Gasteiger partial charge is 0.350 e. The maximum absolute atomic E-state index is 4.21. The van der Waals surface area contributed by atoms with Crippen LogP contribution in [0.2, 0.25) is 0 Å². The molecule has 1 aromatic rings. The van der Waals surface area contributed by atoms with E-state index in [1.165, 1.54) is 25.0 Å². The van der Waals surface area contributed by atoms with Gasteiger partial charge in [-0.15, -0.1) is 0 Å². The average Bonchev–Trinajstić information content (AvgIpc) is 2.68. The van der Waals surface area contributed by atoms with Crippen LogP contribution < -0.4 is 5.32 Å². The Morgan fingerprint density at radius 3 is 2.93 bits per heavy atom. The zero-order chi connectivity index (χ0) is 10.5. The molecule has 1 fully saturated rings. The van der Waals surface area contributed by atoms with Crippen molar-refractivity contribution in [1.82, 2.24) is 9.97 Å². The van der Waals surface area contributed by atoms with Gasteiger partial charge in [0.05, 0.1) is 0 Å². The highest BCUT2D eigenvalue weighted by Crippen LogP contribution is 2.31. The van der Waals surface area contributed by atoms with Crippen LogP contribution in [0.3, 0.4) is 0 Å². The average molecular weight is 223 g/mol. The topological polar surface area (TPSA) is 37.8 Å². The molecule has 0 spiro atoms. The van der Waals surface area contributed by atoms with E-state index in [0.29, 0.717) is 6.04 Å². The summed E-state index contributed by atoms with van der Waals surface area (Å²) < 4.78 is 0. The minimum absolute atomic E-state index is 0.553. The number of hydrogen-bond donors (Lipinski definition) is 1. The smallest absolute Gasteiger partial charge is 0.222 e. The van der Waals surface area contributed by atoms with Gasteiger partial charge in [0, 0.05) is 23.7 Å². The van der Waals surface area contributed by atoms with Gasteiger partial charge in [-0.2, -0.15) is 11.8 Å². The Labute approximate surface area is 95.1 Å². The Kier molecular flexibility index (Phi) is 3.83. The summed E-state index contributed by atoms with van der Waals surface area (Å²) in [5, 5.41) is 4.17. The van der Waals surface area contributed by atoms with E-state index in [1.54, 1.807) is 12.4 Å². The van der Waals surface area contributed by atoms with Crippen molar-refractivity contribution in [2.45, 2.75) is 37.5 Å². The SMILES string of the molecule is CCS[C@@H]1CCC[C@H]1Nc1ncccn1. The maximum Gasteiger partial charge on any atom is 0.222 e. The van der Waals surface area contributed by atoms with E-state index in [9.17, 15) is 0 Å². The number of hydrogen-bond acceptors (Lipinski definition) is 4. The molecule has 0 amide bonds. The van der Waals surface area contributed by atoms with E-state index < -0.39 is 0 Å². The van der Waals surface area contributed by atoms with Crippen LogP contribution in [-0.2, 0) is 0 Å². The van der Waals surface area contributed by atoms with Gasteiger partial charge in [0.2, 0.25) is 5.95 Å². The van der Waals surface area contributed by atoms with Crippen molar-refractivity contribution in [1.29, 1.82) is 0 Å². The number of rotatable bonds is 4. The highest BCUT2D eigenvalue weighted by molar-refractivity contribution is 7.99. The fourth-order valence-electron chi connectivity index (χ4n) is 2.04. The van der Waals surface area contributed by atoms with Crippen LogP contribution in [0, 0.1) is 0 Å². The van der Waals surface area contributed by atoms with Gasteiger partial charge in [0.1, 0.15) is 0 Å². The van der Waals surface area contributed by atoms with Gasteiger partial charge in [0.15, 0.2) is 0 Å². The van der Waals surface area contributed by atoms with Crippen molar-refractivity contribution in [2.24, 2.45) is 0 Å². The van der Waals surface area contributed by atoms with Crippen LogP contribution in [-0.4, -0.2) is 27.0 Å². The quantitative estimate of drug-likeness (QED) is 0.851. The first-order valence-electron chi connectivity index (χ1n) is 5.55. The molecular formula is C11H17N3S. The van der Waals surface area contributed by atoms with Gasteiger partial charge in [-0.3, -0.25) is 0 Å². The molecule has 0 bridgehead atoms. The highest BCUT2D eigenvalue weighted by atomic mass is 32.2. The second-order valence-corrected chi connectivity index (χ2v) is 5.26. The molecule has 1 saturated carbocycles.